The van der Waals surface area contributed by atoms with Crippen LogP contribution in [0, 0.1) is 0 Å². The number of alkyl halides is 7. The van der Waals surface area contributed by atoms with E-state index in [9.17, 15) is 35.5 Å². The summed E-state index contributed by atoms with van der Waals surface area (Å²) in [6, 6.07) is 1.03. The zero-order valence-corrected chi connectivity index (χ0v) is 16.9. The lowest BCUT2D eigenvalue weighted by Gasteiger charge is -2.45. The van der Waals surface area contributed by atoms with Crippen molar-refractivity contribution < 1.29 is 35.5 Å². The van der Waals surface area contributed by atoms with Gasteiger partial charge in [0, 0.05) is 24.4 Å². The van der Waals surface area contributed by atoms with Crippen molar-refractivity contribution in [2.75, 3.05) is 33.7 Å². The van der Waals surface area contributed by atoms with Crippen LogP contribution in [0.3, 0.4) is 0 Å². The second-order valence-electron chi connectivity index (χ2n) is 7.74. The Labute approximate surface area is 177 Å². The molecular formula is C19H18F7N5O. The summed E-state index contributed by atoms with van der Waals surface area (Å²) in [5.74, 6) is -0.913. The van der Waals surface area contributed by atoms with Crippen LogP contribution in [0.4, 0.5) is 30.7 Å². The molecule has 6 nitrogen and oxygen atoms in total. The van der Waals surface area contributed by atoms with Gasteiger partial charge in [0.15, 0.2) is 11.5 Å². The van der Waals surface area contributed by atoms with Crippen LogP contribution in [-0.2, 0) is 17.1 Å². The van der Waals surface area contributed by atoms with Crippen LogP contribution in [0.15, 0.2) is 30.6 Å². The molecule has 1 aromatic heterocycles. The third-order valence-electron chi connectivity index (χ3n) is 4.58. The third-order valence-corrected chi connectivity index (χ3v) is 4.58. The first-order valence-corrected chi connectivity index (χ1v) is 9.18. The normalized spacial score (nSPS) is 16.6. The monoisotopic (exact) mass is 465 g/mol. The van der Waals surface area contributed by atoms with Crippen molar-refractivity contribution in [3.63, 3.8) is 0 Å². The van der Waals surface area contributed by atoms with Crippen molar-refractivity contribution in [2.45, 2.75) is 18.0 Å². The maximum absolute atomic E-state index is 14.3. The lowest BCUT2D eigenvalue weighted by Crippen LogP contribution is -2.64. The number of halogens is 7. The van der Waals surface area contributed by atoms with Gasteiger partial charge >= 0.3 is 12.4 Å². The molecule has 1 amide bonds. The lowest BCUT2D eigenvalue weighted by atomic mass is 9.95. The van der Waals surface area contributed by atoms with E-state index in [1.807, 2.05) is 0 Å². The molecule has 0 saturated carbocycles. The summed E-state index contributed by atoms with van der Waals surface area (Å²) in [7, 11) is 3.41. The molecule has 32 heavy (non-hydrogen) atoms. The van der Waals surface area contributed by atoms with Gasteiger partial charge in [0.25, 0.3) is 0 Å². The van der Waals surface area contributed by atoms with Gasteiger partial charge in [0.2, 0.25) is 5.91 Å². The second kappa shape index (κ2) is 8.19. The van der Waals surface area contributed by atoms with Gasteiger partial charge in [-0.1, -0.05) is 0 Å². The Kier molecular flexibility index (Phi) is 6.06. The van der Waals surface area contributed by atoms with Gasteiger partial charge in [-0.25, -0.2) is 14.1 Å². The maximum Gasteiger partial charge on any atom is 0.416 e. The smallest absolute Gasteiger partial charge is 0.332 e. The first-order valence-electron chi connectivity index (χ1n) is 9.18. The van der Waals surface area contributed by atoms with Crippen LogP contribution in [0.2, 0.25) is 0 Å². The van der Waals surface area contributed by atoms with Gasteiger partial charge < -0.3 is 9.80 Å². The summed E-state index contributed by atoms with van der Waals surface area (Å²) in [5, 5.41) is 3.80. The molecule has 2 heterocycles. The van der Waals surface area contributed by atoms with E-state index in [4.69, 9.17) is 0 Å². The van der Waals surface area contributed by atoms with E-state index in [1.54, 1.807) is 19.0 Å². The molecule has 3 rings (SSSR count). The summed E-state index contributed by atoms with van der Waals surface area (Å²) in [6.45, 7) is -0.0351. The molecule has 2 aromatic rings. The number of aromatic nitrogens is 3. The topological polar surface area (TPSA) is 54.3 Å². The molecule has 0 N–H and O–H groups in total. The molecule has 174 valence electrons. The molecule has 1 aliphatic heterocycles. The number of hydrogen-bond acceptors (Lipinski definition) is 4. The number of benzene rings is 1. The fourth-order valence-electron chi connectivity index (χ4n) is 3.27. The van der Waals surface area contributed by atoms with E-state index < -0.39 is 46.4 Å². The molecule has 1 saturated heterocycles. The lowest BCUT2D eigenvalue weighted by molar-refractivity contribution is -0.143. The quantitative estimate of drug-likeness (QED) is 0.501. The van der Waals surface area contributed by atoms with E-state index >= 15 is 0 Å². The maximum atomic E-state index is 14.3. The van der Waals surface area contributed by atoms with Crippen LogP contribution in [0.25, 0.3) is 17.6 Å². The van der Waals surface area contributed by atoms with Gasteiger partial charge in [-0.15, -0.1) is 5.10 Å². The second-order valence-corrected chi connectivity index (χ2v) is 7.74. The van der Waals surface area contributed by atoms with Gasteiger partial charge in [-0.2, -0.15) is 26.3 Å². The predicted octanol–water partition coefficient (Wildman–Crippen LogP) is 3.57. The highest BCUT2D eigenvalue weighted by atomic mass is 19.4. The number of amides is 1. The summed E-state index contributed by atoms with van der Waals surface area (Å²) in [6.07, 6.45) is -6.79. The summed E-state index contributed by atoms with van der Waals surface area (Å²) in [5.41, 5.74) is -4.98. The standard InChI is InChI=1S/C19H18F7N5O/c1-29(2)8-17(20)9-30(10-17)15(32)3-4-31-11-27-16(28-31)12-5-13(18(21,22)23)7-14(6-12)19(24,25)26/h3-7,11H,8-10H2,1-2H3/b4-3-. The highest BCUT2D eigenvalue weighted by Crippen LogP contribution is 2.38. The molecule has 0 unspecified atom stereocenters. The fraction of sp³-hybridized carbons (Fsp3) is 0.421. The van der Waals surface area contributed by atoms with Gasteiger partial charge in [-0.05, 0) is 32.3 Å². The fourth-order valence-corrected chi connectivity index (χ4v) is 3.27. The van der Waals surface area contributed by atoms with Crippen LogP contribution in [0.5, 0.6) is 0 Å². The van der Waals surface area contributed by atoms with E-state index in [2.05, 4.69) is 10.1 Å². The van der Waals surface area contributed by atoms with Gasteiger partial charge in [-0.3, -0.25) is 4.79 Å². The Balaban J connectivity index is 1.75. The van der Waals surface area contributed by atoms with E-state index in [1.165, 1.54) is 4.90 Å². The largest absolute Gasteiger partial charge is 0.416 e. The zero-order chi connectivity index (χ0) is 23.9. The predicted molar refractivity (Wildman–Crippen MR) is 99.8 cm³/mol. The van der Waals surface area contributed by atoms with Gasteiger partial charge in [0.1, 0.15) is 6.33 Å². The van der Waals surface area contributed by atoms with Crippen molar-refractivity contribution in [2.24, 2.45) is 0 Å². The molecule has 1 aromatic carbocycles. The Morgan fingerprint density at radius 3 is 2.16 bits per heavy atom. The minimum Gasteiger partial charge on any atom is -0.332 e. The Bertz CT molecular complexity index is 988. The highest BCUT2D eigenvalue weighted by molar-refractivity contribution is 5.91. The molecule has 0 aliphatic carbocycles. The number of rotatable bonds is 5. The van der Waals surface area contributed by atoms with E-state index in [0.717, 1.165) is 23.3 Å². The van der Waals surface area contributed by atoms with Crippen molar-refractivity contribution >= 4 is 12.1 Å². The Morgan fingerprint density at radius 2 is 1.66 bits per heavy atom. The number of carbonyl (C=O) groups excluding carboxylic acids is 1. The van der Waals surface area contributed by atoms with Crippen LogP contribution in [0.1, 0.15) is 11.1 Å². The molecule has 0 radical (unpaired) electrons. The van der Waals surface area contributed by atoms with Crippen LogP contribution in [-0.4, -0.2) is 69.9 Å². The minimum absolute atomic E-state index is 0.00728. The molecule has 0 spiro atoms. The van der Waals surface area contributed by atoms with Crippen molar-refractivity contribution in [1.29, 1.82) is 0 Å². The van der Waals surface area contributed by atoms with Crippen LogP contribution >= 0.6 is 0 Å². The SMILES string of the molecule is CN(C)CC1(F)CN(C(=O)/C=C\n2cnc(-c3cc(C(F)(F)F)cc(C(F)(F)F)c3)n2)C1. The number of carbonyl (C=O) groups is 1. The molecule has 0 bridgehead atoms. The summed E-state index contributed by atoms with van der Waals surface area (Å²) in [4.78, 5) is 18.7. The highest BCUT2D eigenvalue weighted by Gasteiger charge is 2.45. The summed E-state index contributed by atoms with van der Waals surface area (Å²) >= 11 is 0. The first-order chi connectivity index (χ1) is 14.7. The third kappa shape index (κ3) is 5.44. The molecule has 1 fully saturated rings. The number of nitrogens with zero attached hydrogens (tertiary/aromatic N) is 5. The Hall–Kier alpha value is -2.96. The number of hydrogen-bond donors (Lipinski definition) is 0. The van der Waals surface area contributed by atoms with Gasteiger partial charge in [0.05, 0.1) is 24.2 Å². The van der Waals surface area contributed by atoms with Crippen LogP contribution < -0.4 is 0 Å². The molecule has 13 heteroatoms. The van der Waals surface area contributed by atoms with E-state index in [0.29, 0.717) is 12.1 Å². The molecule has 1 aliphatic rings. The van der Waals surface area contributed by atoms with Crippen molar-refractivity contribution in [3.8, 4) is 11.4 Å². The summed E-state index contributed by atoms with van der Waals surface area (Å²) < 4.78 is 93.3. The zero-order valence-electron chi connectivity index (χ0n) is 16.9. The number of likely N-dealkylation sites (tertiary alicyclic amines) is 1. The first kappa shape index (κ1) is 23.7. The molecule has 0 atom stereocenters. The Morgan fingerprint density at radius 1 is 1.09 bits per heavy atom. The van der Waals surface area contributed by atoms with Crippen molar-refractivity contribution in [3.05, 3.63) is 41.7 Å². The minimum atomic E-state index is -5.00. The van der Waals surface area contributed by atoms with E-state index in [-0.39, 0.29) is 25.7 Å². The average molecular weight is 465 g/mol. The average Bonchev–Trinajstić information content (AvgIpc) is 3.11. The van der Waals surface area contributed by atoms with Crippen molar-refractivity contribution in [1.82, 2.24) is 24.6 Å². The molecular weight excluding hydrogens is 447 g/mol.